The zero-order valence-electron chi connectivity index (χ0n) is 10.1. The number of carbonyl (C=O) groups excluding carboxylic acids is 1. The number of nitrogens with one attached hydrogen (secondary N) is 2. The van der Waals surface area contributed by atoms with Gasteiger partial charge in [-0.1, -0.05) is 0 Å². The second-order valence-corrected chi connectivity index (χ2v) is 4.41. The predicted octanol–water partition coefficient (Wildman–Crippen LogP) is 1.64. The third-order valence-corrected chi connectivity index (χ3v) is 3.04. The van der Waals surface area contributed by atoms with Gasteiger partial charge in [-0.2, -0.15) is 5.10 Å². The molecule has 1 aliphatic heterocycles. The lowest BCUT2D eigenvalue weighted by molar-refractivity contribution is 0.102. The van der Waals surface area contributed by atoms with Crippen LogP contribution in [0.4, 0.5) is 11.4 Å². The van der Waals surface area contributed by atoms with E-state index < -0.39 is 0 Å². The topological polar surface area (TPSA) is 59.0 Å². The minimum absolute atomic E-state index is 0.0994. The third-order valence-electron chi connectivity index (χ3n) is 3.04. The first kappa shape index (κ1) is 10.8. The van der Waals surface area contributed by atoms with E-state index in [0.29, 0.717) is 11.3 Å². The summed E-state index contributed by atoms with van der Waals surface area (Å²) < 4.78 is 1.65. The summed E-state index contributed by atoms with van der Waals surface area (Å²) in [6.45, 7) is 0.947. The maximum Gasteiger partial charge on any atom is 0.255 e. The van der Waals surface area contributed by atoms with Crippen molar-refractivity contribution in [1.82, 2.24) is 9.78 Å². The molecule has 0 radical (unpaired) electrons. The molecular formula is C13H14N4O. The summed E-state index contributed by atoms with van der Waals surface area (Å²) in [5.74, 6) is -0.0994. The second-order valence-electron chi connectivity index (χ2n) is 4.41. The van der Waals surface area contributed by atoms with Crippen molar-refractivity contribution >= 4 is 17.3 Å². The van der Waals surface area contributed by atoms with Gasteiger partial charge in [-0.05, 0) is 30.2 Å². The quantitative estimate of drug-likeness (QED) is 0.841. The van der Waals surface area contributed by atoms with E-state index in [0.717, 1.165) is 18.7 Å². The Bertz CT molecular complexity index is 603. The van der Waals surface area contributed by atoms with E-state index >= 15 is 0 Å². The minimum Gasteiger partial charge on any atom is -0.384 e. The Morgan fingerprint density at radius 1 is 1.50 bits per heavy atom. The highest BCUT2D eigenvalue weighted by molar-refractivity contribution is 6.04. The van der Waals surface area contributed by atoms with Gasteiger partial charge in [0.25, 0.3) is 5.91 Å². The fraction of sp³-hybridized carbons (Fsp3) is 0.231. The van der Waals surface area contributed by atoms with Crippen molar-refractivity contribution in [3.05, 3.63) is 41.7 Å². The van der Waals surface area contributed by atoms with Crippen molar-refractivity contribution in [2.75, 3.05) is 17.2 Å². The molecule has 2 aromatic rings. The van der Waals surface area contributed by atoms with E-state index in [4.69, 9.17) is 0 Å². The Balaban J connectivity index is 1.80. The van der Waals surface area contributed by atoms with E-state index in [1.54, 1.807) is 17.1 Å². The summed E-state index contributed by atoms with van der Waals surface area (Å²) in [5.41, 5.74) is 3.73. The van der Waals surface area contributed by atoms with Gasteiger partial charge in [0.1, 0.15) is 0 Å². The molecule has 92 valence electrons. The van der Waals surface area contributed by atoms with E-state index in [1.165, 1.54) is 5.56 Å². The zero-order valence-corrected chi connectivity index (χ0v) is 10.1. The summed E-state index contributed by atoms with van der Waals surface area (Å²) in [6.07, 6.45) is 4.38. The number of amides is 1. The summed E-state index contributed by atoms with van der Waals surface area (Å²) >= 11 is 0. The Kier molecular flexibility index (Phi) is 2.51. The van der Waals surface area contributed by atoms with Crippen LogP contribution in [0.15, 0.2) is 30.6 Å². The largest absolute Gasteiger partial charge is 0.384 e. The summed E-state index contributed by atoms with van der Waals surface area (Å²) in [7, 11) is 1.82. The number of fused-ring (bicyclic) bond motifs is 1. The SMILES string of the molecule is Cn1cc(NC(=O)c2ccc3c(c2)CCN3)cn1. The van der Waals surface area contributed by atoms with Crippen LogP contribution >= 0.6 is 0 Å². The molecule has 1 aromatic carbocycles. The number of carbonyl (C=O) groups is 1. The van der Waals surface area contributed by atoms with Gasteiger partial charge in [0.05, 0.1) is 11.9 Å². The number of hydrogen-bond donors (Lipinski definition) is 2. The van der Waals surface area contributed by atoms with Gasteiger partial charge in [0.2, 0.25) is 0 Å². The van der Waals surface area contributed by atoms with Gasteiger partial charge in [-0.25, -0.2) is 0 Å². The van der Waals surface area contributed by atoms with Crippen LogP contribution in [0.3, 0.4) is 0 Å². The van der Waals surface area contributed by atoms with Crippen molar-refractivity contribution in [2.24, 2.45) is 7.05 Å². The van der Waals surface area contributed by atoms with Crippen molar-refractivity contribution in [3.63, 3.8) is 0 Å². The van der Waals surface area contributed by atoms with Gasteiger partial charge in [0, 0.05) is 31.0 Å². The fourth-order valence-electron chi connectivity index (χ4n) is 2.14. The van der Waals surface area contributed by atoms with Crippen LogP contribution in [-0.2, 0) is 13.5 Å². The van der Waals surface area contributed by atoms with Crippen LogP contribution in [-0.4, -0.2) is 22.2 Å². The molecule has 0 aliphatic carbocycles. The molecular weight excluding hydrogens is 228 g/mol. The molecule has 0 unspecified atom stereocenters. The lowest BCUT2D eigenvalue weighted by Gasteiger charge is -2.05. The fourth-order valence-corrected chi connectivity index (χ4v) is 2.14. The molecule has 0 fully saturated rings. The molecule has 1 amide bonds. The molecule has 0 saturated heterocycles. The van der Waals surface area contributed by atoms with E-state index in [2.05, 4.69) is 15.7 Å². The third kappa shape index (κ3) is 1.95. The first-order valence-corrected chi connectivity index (χ1v) is 5.89. The number of aromatic nitrogens is 2. The molecule has 1 aromatic heterocycles. The second kappa shape index (κ2) is 4.18. The van der Waals surface area contributed by atoms with Gasteiger partial charge in [-0.3, -0.25) is 9.48 Å². The van der Waals surface area contributed by atoms with Crippen LogP contribution < -0.4 is 10.6 Å². The molecule has 5 heteroatoms. The van der Waals surface area contributed by atoms with Crippen LogP contribution in [0.5, 0.6) is 0 Å². The van der Waals surface area contributed by atoms with Crippen LogP contribution in [0.1, 0.15) is 15.9 Å². The standard InChI is InChI=1S/C13H14N4O/c1-17-8-11(7-15-17)16-13(18)10-2-3-12-9(6-10)4-5-14-12/h2-3,6-8,14H,4-5H2,1H3,(H,16,18). The number of hydrogen-bond acceptors (Lipinski definition) is 3. The first-order chi connectivity index (χ1) is 8.72. The molecule has 2 N–H and O–H groups in total. The molecule has 0 bridgehead atoms. The van der Waals surface area contributed by atoms with E-state index in [9.17, 15) is 4.79 Å². The summed E-state index contributed by atoms with van der Waals surface area (Å²) in [5, 5.41) is 10.1. The van der Waals surface area contributed by atoms with E-state index in [1.807, 2.05) is 25.2 Å². The summed E-state index contributed by atoms with van der Waals surface area (Å²) in [4.78, 5) is 12.1. The summed E-state index contributed by atoms with van der Waals surface area (Å²) in [6, 6.07) is 5.74. The molecule has 5 nitrogen and oxygen atoms in total. The zero-order chi connectivity index (χ0) is 12.5. The highest BCUT2D eigenvalue weighted by Gasteiger charge is 2.13. The van der Waals surface area contributed by atoms with Crippen molar-refractivity contribution in [2.45, 2.75) is 6.42 Å². The Labute approximate surface area is 105 Å². The Hall–Kier alpha value is -2.30. The van der Waals surface area contributed by atoms with Crippen molar-refractivity contribution in [3.8, 4) is 0 Å². The number of anilines is 2. The number of aryl methyl sites for hydroxylation is 1. The Morgan fingerprint density at radius 3 is 3.17 bits per heavy atom. The number of nitrogens with zero attached hydrogens (tertiary/aromatic N) is 2. The predicted molar refractivity (Wildman–Crippen MR) is 69.8 cm³/mol. The monoisotopic (exact) mass is 242 g/mol. The molecule has 0 saturated carbocycles. The maximum atomic E-state index is 12.1. The smallest absolute Gasteiger partial charge is 0.255 e. The van der Waals surface area contributed by atoms with Crippen LogP contribution in [0.25, 0.3) is 0 Å². The van der Waals surface area contributed by atoms with Crippen molar-refractivity contribution in [1.29, 1.82) is 0 Å². The van der Waals surface area contributed by atoms with E-state index in [-0.39, 0.29) is 5.91 Å². The molecule has 2 heterocycles. The average molecular weight is 242 g/mol. The Morgan fingerprint density at radius 2 is 2.39 bits per heavy atom. The minimum atomic E-state index is -0.0994. The molecule has 0 spiro atoms. The molecule has 0 atom stereocenters. The van der Waals surface area contributed by atoms with Gasteiger partial charge in [0.15, 0.2) is 0 Å². The molecule has 18 heavy (non-hydrogen) atoms. The first-order valence-electron chi connectivity index (χ1n) is 5.89. The molecule has 3 rings (SSSR count). The van der Waals surface area contributed by atoms with Gasteiger partial charge < -0.3 is 10.6 Å². The van der Waals surface area contributed by atoms with Crippen LogP contribution in [0, 0.1) is 0 Å². The lowest BCUT2D eigenvalue weighted by atomic mass is 10.1. The highest BCUT2D eigenvalue weighted by atomic mass is 16.1. The number of benzene rings is 1. The maximum absolute atomic E-state index is 12.1. The highest BCUT2D eigenvalue weighted by Crippen LogP contribution is 2.23. The van der Waals surface area contributed by atoms with Gasteiger partial charge in [-0.15, -0.1) is 0 Å². The van der Waals surface area contributed by atoms with Gasteiger partial charge >= 0.3 is 0 Å². The van der Waals surface area contributed by atoms with Crippen LogP contribution in [0.2, 0.25) is 0 Å². The number of rotatable bonds is 2. The molecule has 1 aliphatic rings. The lowest BCUT2D eigenvalue weighted by Crippen LogP contribution is -2.11. The average Bonchev–Trinajstić information content (AvgIpc) is 2.96. The van der Waals surface area contributed by atoms with Crippen molar-refractivity contribution < 1.29 is 4.79 Å². The normalized spacial score (nSPS) is 12.9.